The Morgan fingerprint density at radius 1 is 1.39 bits per heavy atom. The van der Waals surface area contributed by atoms with Crippen LogP contribution in [-0.2, 0) is 0 Å². The van der Waals surface area contributed by atoms with E-state index < -0.39 is 0 Å². The number of nitrogens with one attached hydrogen (secondary N) is 1. The maximum Gasteiger partial charge on any atom is 0.158 e. The predicted molar refractivity (Wildman–Crippen MR) is 77.7 cm³/mol. The second-order valence-electron chi connectivity index (χ2n) is 3.68. The molecule has 3 aromatic heterocycles. The number of anilines is 1. The molecule has 0 aromatic carbocycles. The maximum absolute atomic E-state index is 4.24. The van der Waals surface area contributed by atoms with Gasteiger partial charge in [-0.15, -0.1) is 22.7 Å². The molecule has 0 amide bonds. The monoisotopic (exact) mass is 274 g/mol. The molecule has 0 radical (unpaired) electrons. The highest BCUT2D eigenvalue weighted by Gasteiger charge is 2.05. The minimum Gasteiger partial charge on any atom is -0.261 e. The number of thiophene rings is 2. The van der Waals surface area contributed by atoms with Crippen LogP contribution in [0.15, 0.2) is 35.0 Å². The Morgan fingerprint density at radius 2 is 2.33 bits per heavy atom. The molecule has 3 rings (SSSR count). The fourth-order valence-corrected chi connectivity index (χ4v) is 3.02. The van der Waals surface area contributed by atoms with Crippen LogP contribution in [0.25, 0.3) is 10.2 Å². The molecular formula is C12H10N4S2. The van der Waals surface area contributed by atoms with Crippen LogP contribution in [0.4, 0.5) is 5.82 Å². The first-order valence-electron chi connectivity index (χ1n) is 5.36. The SMILES string of the molecule is Cc1cc2c(NN=Cc3cccs3)ncnc2s1. The normalized spacial score (nSPS) is 11.4. The van der Waals surface area contributed by atoms with Crippen LogP contribution in [0, 0.1) is 6.92 Å². The molecule has 0 aliphatic carbocycles. The first-order valence-corrected chi connectivity index (χ1v) is 7.06. The molecule has 90 valence electrons. The van der Waals surface area contributed by atoms with E-state index >= 15 is 0 Å². The largest absolute Gasteiger partial charge is 0.261 e. The molecule has 1 N–H and O–H groups in total. The molecular weight excluding hydrogens is 264 g/mol. The van der Waals surface area contributed by atoms with E-state index in [1.54, 1.807) is 35.2 Å². The van der Waals surface area contributed by atoms with Gasteiger partial charge in [-0.2, -0.15) is 5.10 Å². The third-order valence-electron chi connectivity index (χ3n) is 2.36. The highest BCUT2D eigenvalue weighted by Crippen LogP contribution is 2.27. The van der Waals surface area contributed by atoms with Crippen LogP contribution < -0.4 is 5.43 Å². The van der Waals surface area contributed by atoms with Gasteiger partial charge >= 0.3 is 0 Å². The summed E-state index contributed by atoms with van der Waals surface area (Å²) in [5, 5.41) is 7.23. The average molecular weight is 274 g/mol. The summed E-state index contributed by atoms with van der Waals surface area (Å²) in [5.41, 5.74) is 2.97. The summed E-state index contributed by atoms with van der Waals surface area (Å²) < 4.78 is 0. The Balaban J connectivity index is 1.86. The Kier molecular flexibility index (Phi) is 3.04. The van der Waals surface area contributed by atoms with E-state index in [1.807, 2.05) is 17.5 Å². The Labute approximate surface area is 112 Å². The molecule has 0 atom stereocenters. The zero-order valence-corrected chi connectivity index (χ0v) is 11.3. The highest BCUT2D eigenvalue weighted by molar-refractivity contribution is 7.18. The topological polar surface area (TPSA) is 50.2 Å². The van der Waals surface area contributed by atoms with Crippen molar-refractivity contribution < 1.29 is 0 Å². The van der Waals surface area contributed by atoms with E-state index in [1.165, 1.54) is 4.88 Å². The lowest BCUT2D eigenvalue weighted by Crippen LogP contribution is -1.93. The first kappa shape index (κ1) is 11.3. The van der Waals surface area contributed by atoms with Crippen molar-refractivity contribution in [3.63, 3.8) is 0 Å². The molecule has 0 aliphatic rings. The zero-order valence-electron chi connectivity index (χ0n) is 9.62. The average Bonchev–Trinajstić information content (AvgIpc) is 2.97. The third-order valence-corrected chi connectivity index (χ3v) is 4.12. The van der Waals surface area contributed by atoms with Gasteiger partial charge in [0.2, 0.25) is 0 Å². The van der Waals surface area contributed by atoms with Crippen LogP contribution in [0.5, 0.6) is 0 Å². The molecule has 6 heteroatoms. The van der Waals surface area contributed by atoms with E-state index in [9.17, 15) is 0 Å². The minimum absolute atomic E-state index is 0.747. The molecule has 0 saturated heterocycles. The van der Waals surface area contributed by atoms with E-state index in [-0.39, 0.29) is 0 Å². The van der Waals surface area contributed by atoms with Crippen LogP contribution in [0.2, 0.25) is 0 Å². The molecule has 0 fully saturated rings. The van der Waals surface area contributed by atoms with E-state index in [4.69, 9.17) is 0 Å². The fourth-order valence-electron chi connectivity index (χ4n) is 1.59. The van der Waals surface area contributed by atoms with Gasteiger partial charge in [0.1, 0.15) is 11.2 Å². The fraction of sp³-hybridized carbons (Fsp3) is 0.0833. The molecule has 0 spiro atoms. The van der Waals surface area contributed by atoms with Gasteiger partial charge in [0.25, 0.3) is 0 Å². The molecule has 18 heavy (non-hydrogen) atoms. The lowest BCUT2D eigenvalue weighted by Gasteiger charge is -1.99. The van der Waals surface area contributed by atoms with Crippen molar-refractivity contribution in [3.05, 3.63) is 39.7 Å². The number of hydrogen-bond acceptors (Lipinski definition) is 6. The number of aryl methyl sites for hydroxylation is 1. The van der Waals surface area contributed by atoms with Gasteiger partial charge in [-0.05, 0) is 24.4 Å². The zero-order chi connectivity index (χ0) is 12.4. The highest BCUT2D eigenvalue weighted by atomic mass is 32.1. The second-order valence-corrected chi connectivity index (χ2v) is 5.90. The summed E-state index contributed by atoms with van der Waals surface area (Å²) in [5.74, 6) is 0.747. The van der Waals surface area contributed by atoms with Gasteiger partial charge in [-0.25, -0.2) is 9.97 Å². The molecule has 3 heterocycles. The summed E-state index contributed by atoms with van der Waals surface area (Å²) in [6, 6.07) is 6.08. The molecule has 3 aromatic rings. The lowest BCUT2D eigenvalue weighted by molar-refractivity contribution is 1.19. The number of rotatable bonds is 3. The van der Waals surface area contributed by atoms with Crippen LogP contribution in [-0.4, -0.2) is 16.2 Å². The summed E-state index contributed by atoms with van der Waals surface area (Å²) >= 11 is 3.30. The Morgan fingerprint density at radius 3 is 3.17 bits per heavy atom. The van der Waals surface area contributed by atoms with Crippen LogP contribution in [0.3, 0.4) is 0 Å². The Bertz CT molecular complexity index is 685. The van der Waals surface area contributed by atoms with Gasteiger partial charge in [0.15, 0.2) is 5.82 Å². The molecule has 0 saturated carbocycles. The summed E-state index contributed by atoms with van der Waals surface area (Å²) in [7, 11) is 0. The number of hydrazone groups is 1. The van der Waals surface area contributed by atoms with Gasteiger partial charge in [0, 0.05) is 9.75 Å². The molecule has 0 aliphatic heterocycles. The van der Waals surface area contributed by atoms with E-state index in [0.717, 1.165) is 20.9 Å². The van der Waals surface area contributed by atoms with Gasteiger partial charge < -0.3 is 0 Å². The van der Waals surface area contributed by atoms with Crippen LogP contribution >= 0.6 is 22.7 Å². The summed E-state index contributed by atoms with van der Waals surface area (Å²) in [6.45, 7) is 2.06. The smallest absolute Gasteiger partial charge is 0.158 e. The quantitative estimate of drug-likeness (QED) is 0.587. The number of fused-ring (bicyclic) bond motifs is 1. The molecule has 0 unspecified atom stereocenters. The number of nitrogens with zero attached hydrogens (tertiary/aromatic N) is 3. The van der Waals surface area contributed by atoms with Crippen molar-refractivity contribution in [1.82, 2.24) is 9.97 Å². The predicted octanol–water partition coefficient (Wildman–Crippen LogP) is 3.51. The van der Waals surface area contributed by atoms with Crippen molar-refractivity contribution in [2.45, 2.75) is 6.92 Å². The standard InChI is InChI=1S/C12H10N4S2/c1-8-5-10-11(13-7-14-12(10)18-8)16-15-6-9-3-2-4-17-9/h2-7H,1H3,(H,13,14,16). The minimum atomic E-state index is 0.747. The Hall–Kier alpha value is -1.79. The number of aromatic nitrogens is 2. The van der Waals surface area contributed by atoms with Crippen molar-refractivity contribution in [2.75, 3.05) is 5.43 Å². The summed E-state index contributed by atoms with van der Waals surface area (Å²) in [4.78, 5) is 11.8. The van der Waals surface area contributed by atoms with Crippen molar-refractivity contribution in [1.29, 1.82) is 0 Å². The summed E-state index contributed by atoms with van der Waals surface area (Å²) in [6.07, 6.45) is 3.35. The molecule has 0 bridgehead atoms. The van der Waals surface area contributed by atoms with Crippen molar-refractivity contribution in [3.8, 4) is 0 Å². The molecule has 4 nitrogen and oxygen atoms in total. The van der Waals surface area contributed by atoms with Gasteiger partial charge in [-0.3, -0.25) is 5.43 Å². The first-order chi connectivity index (χ1) is 8.83. The van der Waals surface area contributed by atoms with Crippen molar-refractivity contribution in [2.24, 2.45) is 5.10 Å². The second kappa shape index (κ2) is 4.83. The van der Waals surface area contributed by atoms with Gasteiger partial charge in [-0.1, -0.05) is 6.07 Å². The van der Waals surface area contributed by atoms with E-state index in [2.05, 4.69) is 33.5 Å². The van der Waals surface area contributed by atoms with Crippen molar-refractivity contribution >= 4 is 44.9 Å². The number of hydrogen-bond donors (Lipinski definition) is 1. The maximum atomic E-state index is 4.24. The van der Waals surface area contributed by atoms with E-state index in [0.29, 0.717) is 0 Å². The lowest BCUT2D eigenvalue weighted by atomic mass is 10.3. The third kappa shape index (κ3) is 2.25. The van der Waals surface area contributed by atoms with Gasteiger partial charge in [0.05, 0.1) is 11.6 Å². The van der Waals surface area contributed by atoms with Crippen LogP contribution in [0.1, 0.15) is 9.75 Å².